The topological polar surface area (TPSA) is 25.8 Å². The van der Waals surface area contributed by atoms with Gasteiger partial charge in [0.1, 0.15) is 0 Å². The lowest BCUT2D eigenvalue weighted by atomic mass is 9.70. The summed E-state index contributed by atoms with van der Waals surface area (Å²) < 4.78 is 0. The summed E-state index contributed by atoms with van der Waals surface area (Å²) in [7, 11) is 0. The molecule has 1 heterocycles. The molecule has 1 aromatic heterocycles. The predicted molar refractivity (Wildman–Crippen MR) is 222 cm³/mol. The highest BCUT2D eigenvalue weighted by atomic mass is 14.9. The van der Waals surface area contributed by atoms with Crippen LogP contribution in [0.1, 0.15) is 47.5 Å². The van der Waals surface area contributed by atoms with Gasteiger partial charge < -0.3 is 0 Å². The van der Waals surface area contributed by atoms with E-state index >= 15 is 0 Å². The first-order chi connectivity index (χ1) is 26.0. The van der Waals surface area contributed by atoms with Crippen LogP contribution in [0, 0.1) is 0 Å². The molecule has 0 radical (unpaired) electrons. The second-order valence-corrected chi connectivity index (χ2v) is 13.8. The summed E-state index contributed by atoms with van der Waals surface area (Å²) in [4.78, 5) is 9.81. The van der Waals surface area contributed by atoms with Crippen molar-refractivity contribution in [3.63, 3.8) is 0 Å². The van der Waals surface area contributed by atoms with Gasteiger partial charge in [-0.2, -0.15) is 0 Å². The number of rotatable bonds is 7. The number of hydrogen-bond donors (Lipinski definition) is 0. The van der Waals surface area contributed by atoms with Crippen LogP contribution in [0.3, 0.4) is 0 Å². The van der Waals surface area contributed by atoms with Gasteiger partial charge >= 0.3 is 0 Å². The van der Waals surface area contributed by atoms with Gasteiger partial charge in [-0.15, -0.1) is 0 Å². The van der Waals surface area contributed by atoms with Crippen LogP contribution in [0.15, 0.2) is 183 Å². The molecule has 2 heteroatoms. The molecule has 0 N–H and O–H groups in total. The van der Waals surface area contributed by atoms with Gasteiger partial charge in [-0.25, -0.2) is 9.97 Å². The first-order valence-corrected chi connectivity index (χ1v) is 18.2. The lowest BCUT2D eigenvalue weighted by molar-refractivity contribution is 0.794. The van der Waals surface area contributed by atoms with Crippen molar-refractivity contribution in [1.29, 1.82) is 0 Å². The SMILES string of the molecule is C=C(/C=C\C)c1cc(C(=C)/C=C\C)nc(-c2ccc(-c3cccc(-c4cccc5c4-c4ccccc4C54c5ccccc5-c5ccccc54)c3)cc2)n1. The minimum Gasteiger partial charge on any atom is -0.228 e. The zero-order valence-electron chi connectivity index (χ0n) is 30.0. The molecule has 7 aromatic rings. The average Bonchev–Trinajstić information content (AvgIpc) is 3.69. The van der Waals surface area contributed by atoms with Crippen molar-refractivity contribution in [2.24, 2.45) is 0 Å². The summed E-state index contributed by atoms with van der Waals surface area (Å²) >= 11 is 0. The molecular formula is C51H38N2. The fourth-order valence-electron chi connectivity index (χ4n) is 8.54. The van der Waals surface area contributed by atoms with Crippen LogP contribution in [-0.4, -0.2) is 9.97 Å². The van der Waals surface area contributed by atoms with Gasteiger partial charge in [-0.3, -0.25) is 0 Å². The maximum absolute atomic E-state index is 4.90. The van der Waals surface area contributed by atoms with E-state index in [-0.39, 0.29) is 5.41 Å². The largest absolute Gasteiger partial charge is 0.228 e. The Kier molecular flexibility index (Phi) is 7.82. The highest BCUT2D eigenvalue weighted by Gasteiger charge is 2.51. The van der Waals surface area contributed by atoms with Gasteiger partial charge in [0.25, 0.3) is 0 Å². The van der Waals surface area contributed by atoms with Gasteiger partial charge in [0.2, 0.25) is 0 Å². The maximum Gasteiger partial charge on any atom is 0.160 e. The molecule has 53 heavy (non-hydrogen) atoms. The second-order valence-electron chi connectivity index (χ2n) is 13.8. The molecule has 1 spiro atoms. The number of benzene rings is 6. The second kappa shape index (κ2) is 12.8. The summed E-state index contributed by atoms with van der Waals surface area (Å²) in [5.74, 6) is 0.650. The Hall–Kier alpha value is -6.64. The van der Waals surface area contributed by atoms with Crippen molar-refractivity contribution in [2.75, 3.05) is 0 Å². The van der Waals surface area contributed by atoms with E-state index in [9.17, 15) is 0 Å². The van der Waals surface area contributed by atoms with E-state index < -0.39 is 0 Å². The van der Waals surface area contributed by atoms with E-state index in [1.165, 1.54) is 55.6 Å². The third kappa shape index (κ3) is 5.02. The van der Waals surface area contributed by atoms with Crippen LogP contribution >= 0.6 is 0 Å². The maximum atomic E-state index is 4.90. The monoisotopic (exact) mass is 678 g/mol. The Morgan fingerprint density at radius 3 is 1.53 bits per heavy atom. The Morgan fingerprint density at radius 1 is 0.453 bits per heavy atom. The van der Waals surface area contributed by atoms with Gasteiger partial charge in [-0.1, -0.05) is 171 Å². The summed E-state index contributed by atoms with van der Waals surface area (Å²) in [6.07, 6.45) is 7.88. The van der Waals surface area contributed by atoms with E-state index in [0.717, 1.165) is 39.2 Å². The quantitative estimate of drug-likeness (QED) is 0.157. The smallest absolute Gasteiger partial charge is 0.160 e. The lowest BCUT2D eigenvalue weighted by Gasteiger charge is -2.30. The Bertz CT molecular complexity index is 2580. The van der Waals surface area contributed by atoms with E-state index in [2.05, 4.69) is 153 Å². The van der Waals surface area contributed by atoms with Crippen LogP contribution in [0.4, 0.5) is 0 Å². The fourth-order valence-corrected chi connectivity index (χ4v) is 8.54. The first kappa shape index (κ1) is 32.3. The average molecular weight is 679 g/mol. The van der Waals surface area contributed by atoms with Crippen molar-refractivity contribution >= 4 is 11.1 Å². The molecule has 0 amide bonds. The lowest BCUT2D eigenvalue weighted by Crippen LogP contribution is -2.25. The molecular weight excluding hydrogens is 641 g/mol. The molecule has 2 aliphatic carbocycles. The van der Waals surface area contributed by atoms with Gasteiger partial charge in [-0.05, 0) is 104 Å². The molecule has 0 atom stereocenters. The third-order valence-corrected chi connectivity index (χ3v) is 10.8. The van der Waals surface area contributed by atoms with Gasteiger partial charge in [0, 0.05) is 5.56 Å². The summed E-state index contributed by atoms with van der Waals surface area (Å²) in [6.45, 7) is 12.4. The van der Waals surface area contributed by atoms with E-state index in [1.54, 1.807) is 0 Å². The Morgan fingerprint density at radius 2 is 0.925 bits per heavy atom. The zero-order chi connectivity index (χ0) is 36.1. The van der Waals surface area contributed by atoms with E-state index in [4.69, 9.17) is 9.97 Å². The number of hydrogen-bond acceptors (Lipinski definition) is 2. The highest BCUT2D eigenvalue weighted by Crippen LogP contribution is 2.63. The third-order valence-electron chi connectivity index (χ3n) is 10.8. The van der Waals surface area contributed by atoms with E-state index in [1.807, 2.05) is 44.2 Å². The standard InChI is InChI=1S/C51H38N2/c1-5-15-33(3)47-32-48(34(4)16-6-2)53-50(52-47)36-29-27-35(28-30-36)37-17-13-18-38(31-37)39-22-14-26-46-49(39)42-21-9-12-25-45(42)51(46)43-23-10-7-19-40(43)41-20-8-11-24-44(41)51/h5-32H,3-4H2,1-2H3/b15-5-,16-6-. The summed E-state index contributed by atoms with van der Waals surface area (Å²) in [6, 6.07) is 53.3. The van der Waals surface area contributed by atoms with Crippen molar-refractivity contribution < 1.29 is 0 Å². The van der Waals surface area contributed by atoms with E-state index in [0.29, 0.717) is 5.82 Å². The molecule has 0 bridgehead atoms. The molecule has 9 rings (SSSR count). The zero-order valence-corrected chi connectivity index (χ0v) is 30.0. The van der Waals surface area contributed by atoms with Crippen molar-refractivity contribution in [1.82, 2.24) is 9.97 Å². The van der Waals surface area contributed by atoms with Gasteiger partial charge in [0.15, 0.2) is 5.82 Å². The molecule has 0 saturated carbocycles. The summed E-state index contributed by atoms with van der Waals surface area (Å²) in [5.41, 5.74) is 19.2. The highest BCUT2D eigenvalue weighted by molar-refractivity contribution is 6.00. The molecule has 0 fully saturated rings. The molecule has 6 aromatic carbocycles. The molecule has 0 unspecified atom stereocenters. The van der Waals surface area contributed by atoms with Crippen LogP contribution in [0.2, 0.25) is 0 Å². The molecule has 0 saturated heterocycles. The van der Waals surface area contributed by atoms with Crippen LogP contribution in [0.25, 0.3) is 67.0 Å². The van der Waals surface area contributed by atoms with Crippen LogP contribution in [-0.2, 0) is 5.41 Å². The normalized spacial score (nSPS) is 13.2. The number of nitrogens with zero attached hydrogens (tertiary/aromatic N) is 2. The Balaban J connectivity index is 1.14. The van der Waals surface area contributed by atoms with Crippen LogP contribution < -0.4 is 0 Å². The number of allylic oxidation sites excluding steroid dienone is 6. The Labute approximate surface area is 311 Å². The van der Waals surface area contributed by atoms with Crippen molar-refractivity contribution in [3.05, 3.63) is 217 Å². The minimum atomic E-state index is -0.361. The first-order valence-electron chi connectivity index (χ1n) is 18.2. The molecule has 0 aliphatic heterocycles. The molecule has 2 nitrogen and oxygen atoms in total. The summed E-state index contributed by atoms with van der Waals surface area (Å²) in [5, 5.41) is 0. The van der Waals surface area contributed by atoms with Crippen molar-refractivity contribution in [2.45, 2.75) is 19.3 Å². The van der Waals surface area contributed by atoms with Gasteiger partial charge in [0.05, 0.1) is 16.8 Å². The fraction of sp³-hybridized carbons (Fsp3) is 0.0588. The minimum absolute atomic E-state index is 0.361. The molecule has 2 aliphatic rings. The number of aromatic nitrogens is 2. The predicted octanol–water partition coefficient (Wildman–Crippen LogP) is 13.0. The number of fused-ring (bicyclic) bond motifs is 10. The van der Waals surface area contributed by atoms with Crippen molar-refractivity contribution in [3.8, 4) is 55.9 Å². The van der Waals surface area contributed by atoms with Crippen LogP contribution in [0.5, 0.6) is 0 Å². The molecule has 252 valence electrons.